The number of nitrogens with one attached hydrogen (secondary N) is 1. The Hall–Kier alpha value is -2.74. The van der Waals surface area contributed by atoms with Gasteiger partial charge in [0.05, 0.1) is 12.6 Å². The van der Waals surface area contributed by atoms with Crippen LogP contribution in [0.2, 0.25) is 0 Å². The van der Waals surface area contributed by atoms with Crippen LogP contribution in [-0.2, 0) is 11.2 Å². The monoisotopic (exact) mass is 426 g/mol. The van der Waals surface area contributed by atoms with Crippen molar-refractivity contribution in [1.82, 2.24) is 10.4 Å². The van der Waals surface area contributed by atoms with Gasteiger partial charge in [0, 0.05) is 23.2 Å². The molecule has 1 aromatic heterocycles. The van der Waals surface area contributed by atoms with Crippen LogP contribution < -0.4 is 5.48 Å². The molecule has 1 heterocycles. The second-order valence-corrected chi connectivity index (χ2v) is 8.40. The van der Waals surface area contributed by atoms with Crippen LogP contribution >= 0.6 is 11.3 Å². The Labute approximate surface area is 179 Å². The topological polar surface area (TPSA) is 89.9 Å². The molecule has 30 heavy (non-hydrogen) atoms. The van der Waals surface area contributed by atoms with Crippen molar-refractivity contribution in [3.05, 3.63) is 70.6 Å². The minimum absolute atomic E-state index is 0.223. The van der Waals surface area contributed by atoms with Gasteiger partial charge in [0.15, 0.2) is 0 Å². The van der Waals surface area contributed by atoms with Crippen LogP contribution in [0.4, 0.5) is 0 Å². The first-order valence-corrected chi connectivity index (χ1v) is 10.7. The summed E-state index contributed by atoms with van der Waals surface area (Å²) in [6.07, 6.45) is 0.626. The van der Waals surface area contributed by atoms with E-state index in [9.17, 15) is 19.9 Å². The lowest BCUT2D eigenvalue weighted by molar-refractivity contribution is -0.134. The highest BCUT2D eigenvalue weighted by molar-refractivity contribution is 7.17. The van der Waals surface area contributed by atoms with Crippen molar-refractivity contribution in [2.45, 2.75) is 25.8 Å². The summed E-state index contributed by atoms with van der Waals surface area (Å²) >= 11 is 1.60. The van der Waals surface area contributed by atoms with E-state index in [1.54, 1.807) is 36.0 Å². The van der Waals surface area contributed by atoms with Crippen molar-refractivity contribution < 1.29 is 19.9 Å². The van der Waals surface area contributed by atoms with Gasteiger partial charge >= 0.3 is 0 Å². The summed E-state index contributed by atoms with van der Waals surface area (Å²) in [6.45, 7) is 1.66. The Bertz CT molecular complexity index is 1020. The van der Waals surface area contributed by atoms with Gasteiger partial charge in [-0.25, -0.2) is 5.48 Å². The lowest BCUT2D eigenvalue weighted by Crippen LogP contribution is -2.43. The SMILES string of the molecule is Cc1ccc(C(=O)N(C)[C@H](CO)C[C@H](Cc2csc3ccccc23)C(=O)NO)cc1. The highest BCUT2D eigenvalue weighted by Gasteiger charge is 2.28. The van der Waals surface area contributed by atoms with E-state index in [4.69, 9.17) is 0 Å². The smallest absolute Gasteiger partial charge is 0.253 e. The summed E-state index contributed by atoms with van der Waals surface area (Å²) < 4.78 is 1.13. The molecule has 0 unspecified atom stereocenters. The molecule has 3 aromatic rings. The van der Waals surface area contributed by atoms with Crippen molar-refractivity contribution in [3.63, 3.8) is 0 Å². The number of hydrogen-bond donors (Lipinski definition) is 3. The third-order valence-electron chi connectivity index (χ3n) is 5.44. The standard InChI is InChI=1S/C23H26N2O4S/c1-15-7-9-16(10-8-15)23(28)25(2)19(13-26)12-17(22(27)24-29)11-18-14-30-21-6-4-3-5-20(18)21/h3-10,14,17,19,26,29H,11-13H2,1-2H3,(H,24,27)/t17-,19-/m0/s1. The quantitative estimate of drug-likeness (QED) is 0.380. The number of aliphatic hydroxyl groups excluding tert-OH is 1. The van der Waals surface area contributed by atoms with Gasteiger partial charge in [0.1, 0.15) is 0 Å². The number of carbonyl (C=O) groups excluding carboxylic acids is 2. The fourth-order valence-corrected chi connectivity index (χ4v) is 4.56. The summed E-state index contributed by atoms with van der Waals surface area (Å²) in [5.41, 5.74) is 4.32. The molecule has 2 aromatic carbocycles. The van der Waals surface area contributed by atoms with E-state index in [-0.39, 0.29) is 18.9 Å². The molecule has 2 amide bonds. The summed E-state index contributed by atoms with van der Waals surface area (Å²) in [6, 6.07) is 14.6. The van der Waals surface area contributed by atoms with E-state index in [1.807, 2.05) is 48.7 Å². The average Bonchev–Trinajstić information content (AvgIpc) is 3.18. The highest BCUT2D eigenvalue weighted by atomic mass is 32.1. The molecule has 0 radical (unpaired) electrons. The number of rotatable bonds is 8. The number of nitrogens with zero attached hydrogens (tertiary/aromatic N) is 1. The minimum atomic E-state index is -0.599. The largest absolute Gasteiger partial charge is 0.394 e. The Morgan fingerprint density at radius 2 is 1.83 bits per heavy atom. The molecule has 0 spiro atoms. The lowest BCUT2D eigenvalue weighted by Gasteiger charge is -2.29. The molecule has 158 valence electrons. The van der Waals surface area contributed by atoms with E-state index in [0.717, 1.165) is 21.2 Å². The summed E-state index contributed by atoms with van der Waals surface area (Å²) in [7, 11) is 1.62. The number of carbonyl (C=O) groups is 2. The molecule has 0 fully saturated rings. The second-order valence-electron chi connectivity index (χ2n) is 7.49. The molecule has 0 bridgehead atoms. The molecular formula is C23H26N2O4S. The van der Waals surface area contributed by atoms with Gasteiger partial charge in [-0.2, -0.15) is 0 Å². The van der Waals surface area contributed by atoms with Crippen molar-refractivity contribution in [3.8, 4) is 0 Å². The number of hydrogen-bond acceptors (Lipinski definition) is 5. The van der Waals surface area contributed by atoms with Crippen LogP contribution in [0.3, 0.4) is 0 Å². The van der Waals surface area contributed by atoms with Gasteiger partial charge in [-0.05, 0) is 54.3 Å². The molecular weight excluding hydrogens is 400 g/mol. The maximum Gasteiger partial charge on any atom is 0.253 e. The molecule has 3 rings (SSSR count). The zero-order chi connectivity index (χ0) is 21.7. The van der Waals surface area contributed by atoms with Crippen molar-refractivity contribution in [1.29, 1.82) is 0 Å². The van der Waals surface area contributed by atoms with Gasteiger partial charge < -0.3 is 10.0 Å². The number of thiophene rings is 1. The van der Waals surface area contributed by atoms with Crippen LogP contribution in [0.15, 0.2) is 53.9 Å². The third kappa shape index (κ3) is 4.87. The van der Waals surface area contributed by atoms with E-state index in [1.165, 1.54) is 4.90 Å². The van der Waals surface area contributed by atoms with Crippen molar-refractivity contribution >= 4 is 33.2 Å². The fraction of sp³-hybridized carbons (Fsp3) is 0.304. The Kier molecular flexibility index (Phi) is 7.20. The van der Waals surface area contributed by atoms with Crippen molar-refractivity contribution in [2.75, 3.05) is 13.7 Å². The van der Waals surface area contributed by atoms with E-state index >= 15 is 0 Å². The highest BCUT2D eigenvalue weighted by Crippen LogP contribution is 2.29. The van der Waals surface area contributed by atoms with E-state index in [0.29, 0.717) is 12.0 Å². The summed E-state index contributed by atoms with van der Waals surface area (Å²) in [5.74, 6) is -1.35. The second kappa shape index (κ2) is 9.84. The van der Waals surface area contributed by atoms with Crippen molar-refractivity contribution in [2.24, 2.45) is 5.92 Å². The molecule has 0 saturated heterocycles. The first-order chi connectivity index (χ1) is 14.4. The number of aliphatic hydroxyl groups is 1. The Morgan fingerprint density at radius 3 is 2.50 bits per heavy atom. The lowest BCUT2D eigenvalue weighted by atomic mass is 9.91. The van der Waals surface area contributed by atoms with Gasteiger partial charge in [-0.3, -0.25) is 14.8 Å². The number of benzene rings is 2. The molecule has 3 N–H and O–H groups in total. The van der Waals surface area contributed by atoms with Crippen LogP contribution in [-0.4, -0.2) is 46.7 Å². The molecule has 2 atom stereocenters. The number of aryl methyl sites for hydroxylation is 1. The van der Waals surface area contributed by atoms with Gasteiger partial charge in [0.25, 0.3) is 5.91 Å². The number of fused-ring (bicyclic) bond motifs is 1. The molecule has 0 aliphatic carbocycles. The van der Waals surface area contributed by atoms with Gasteiger partial charge in [0.2, 0.25) is 5.91 Å². The molecule has 0 aliphatic heterocycles. The number of likely N-dealkylation sites (N-methyl/N-ethyl adjacent to an activating group) is 1. The van der Waals surface area contributed by atoms with Crippen LogP contribution in [0, 0.1) is 12.8 Å². The number of amides is 2. The molecule has 0 aliphatic rings. The fourth-order valence-electron chi connectivity index (χ4n) is 3.58. The minimum Gasteiger partial charge on any atom is -0.394 e. The predicted octanol–water partition coefficient (Wildman–Crippen LogP) is 3.40. The Balaban J connectivity index is 1.79. The maximum absolute atomic E-state index is 12.8. The zero-order valence-corrected chi connectivity index (χ0v) is 17.9. The summed E-state index contributed by atoms with van der Waals surface area (Å²) in [5, 5.41) is 22.3. The maximum atomic E-state index is 12.8. The molecule has 0 saturated carbocycles. The average molecular weight is 427 g/mol. The van der Waals surface area contributed by atoms with Crippen LogP contribution in [0.5, 0.6) is 0 Å². The number of hydroxylamine groups is 1. The normalized spacial score (nSPS) is 13.1. The van der Waals surface area contributed by atoms with Gasteiger partial charge in [-0.1, -0.05) is 35.9 Å². The van der Waals surface area contributed by atoms with E-state index in [2.05, 4.69) is 0 Å². The molecule has 7 heteroatoms. The van der Waals surface area contributed by atoms with Crippen LogP contribution in [0.25, 0.3) is 10.1 Å². The van der Waals surface area contributed by atoms with Crippen LogP contribution in [0.1, 0.15) is 27.9 Å². The predicted molar refractivity (Wildman–Crippen MR) is 118 cm³/mol. The van der Waals surface area contributed by atoms with E-state index < -0.39 is 17.9 Å². The first kappa shape index (κ1) is 22.0. The first-order valence-electron chi connectivity index (χ1n) is 9.78. The zero-order valence-electron chi connectivity index (χ0n) is 17.0. The third-order valence-corrected chi connectivity index (χ3v) is 6.45. The van der Waals surface area contributed by atoms with Gasteiger partial charge in [-0.15, -0.1) is 11.3 Å². The Morgan fingerprint density at radius 1 is 1.13 bits per heavy atom. The molecule has 6 nitrogen and oxygen atoms in total. The summed E-state index contributed by atoms with van der Waals surface area (Å²) in [4.78, 5) is 26.7.